The van der Waals surface area contributed by atoms with Gasteiger partial charge in [0, 0.05) is 36.1 Å². The first-order valence-electron chi connectivity index (χ1n) is 5.99. The number of alkyl halides is 1. The highest BCUT2D eigenvalue weighted by Gasteiger charge is 2.15. The van der Waals surface area contributed by atoms with Crippen molar-refractivity contribution in [3.8, 4) is 0 Å². The Morgan fingerprint density at radius 3 is 2.88 bits per heavy atom. The molecule has 0 aliphatic rings. The van der Waals surface area contributed by atoms with Crippen LogP contribution in [-0.4, -0.2) is 29.2 Å². The molecular weight excluding hydrogens is 298 g/mol. The second-order valence-electron chi connectivity index (χ2n) is 4.28. The summed E-state index contributed by atoms with van der Waals surface area (Å²) in [4.78, 5) is 15.1. The molecule has 96 valence electrons. The first kappa shape index (κ1) is 14.7. The smallest absolute Gasteiger partial charge is 0.222 e. The van der Waals surface area contributed by atoms with Gasteiger partial charge in [-0.05, 0) is 31.2 Å². The molecule has 0 saturated carbocycles. The van der Waals surface area contributed by atoms with E-state index in [0.29, 0.717) is 6.42 Å². The van der Waals surface area contributed by atoms with E-state index in [1.54, 1.807) is 11.3 Å². The van der Waals surface area contributed by atoms with Crippen molar-refractivity contribution in [2.75, 3.05) is 12.4 Å². The van der Waals surface area contributed by atoms with Gasteiger partial charge in [-0.25, -0.2) is 0 Å². The minimum atomic E-state index is 0.259. The SMILES string of the molecule is CC(Cc1cccs1)N(C)C(=O)CCCCBr. The van der Waals surface area contributed by atoms with Crippen molar-refractivity contribution in [2.24, 2.45) is 0 Å². The number of thiophene rings is 1. The molecule has 1 amide bonds. The summed E-state index contributed by atoms with van der Waals surface area (Å²) in [7, 11) is 1.91. The fraction of sp³-hybridized carbons (Fsp3) is 0.615. The third-order valence-corrected chi connectivity index (χ3v) is 4.36. The first-order valence-corrected chi connectivity index (χ1v) is 7.99. The van der Waals surface area contributed by atoms with Crippen LogP contribution in [0.2, 0.25) is 0 Å². The van der Waals surface area contributed by atoms with Gasteiger partial charge in [0.1, 0.15) is 0 Å². The Morgan fingerprint density at radius 1 is 1.53 bits per heavy atom. The highest BCUT2D eigenvalue weighted by molar-refractivity contribution is 9.09. The van der Waals surface area contributed by atoms with Crippen LogP contribution in [0.15, 0.2) is 17.5 Å². The van der Waals surface area contributed by atoms with Gasteiger partial charge in [-0.2, -0.15) is 0 Å². The summed E-state index contributed by atoms with van der Waals surface area (Å²) in [5.41, 5.74) is 0. The molecule has 0 saturated heterocycles. The predicted octanol–water partition coefficient (Wildman–Crippen LogP) is 3.70. The van der Waals surface area contributed by atoms with E-state index in [4.69, 9.17) is 0 Å². The molecule has 0 fully saturated rings. The van der Waals surface area contributed by atoms with Crippen LogP contribution in [0.5, 0.6) is 0 Å². The van der Waals surface area contributed by atoms with E-state index >= 15 is 0 Å². The summed E-state index contributed by atoms with van der Waals surface area (Å²) in [6.45, 7) is 2.11. The summed E-state index contributed by atoms with van der Waals surface area (Å²) >= 11 is 5.14. The fourth-order valence-corrected chi connectivity index (χ4v) is 2.87. The maximum Gasteiger partial charge on any atom is 0.222 e. The monoisotopic (exact) mass is 317 g/mol. The van der Waals surface area contributed by atoms with E-state index in [2.05, 4.69) is 40.4 Å². The number of carbonyl (C=O) groups excluding carboxylic acids is 1. The molecule has 0 spiro atoms. The van der Waals surface area contributed by atoms with Gasteiger partial charge in [0.2, 0.25) is 5.91 Å². The molecule has 0 N–H and O–H groups in total. The van der Waals surface area contributed by atoms with E-state index < -0.39 is 0 Å². The maximum atomic E-state index is 11.9. The number of carbonyl (C=O) groups is 1. The number of halogens is 1. The molecule has 0 radical (unpaired) electrons. The standard InChI is InChI=1S/C13H20BrNOS/c1-11(10-12-6-5-9-17-12)15(2)13(16)7-3-4-8-14/h5-6,9,11H,3-4,7-8,10H2,1-2H3. The molecular formula is C13H20BrNOS. The lowest BCUT2D eigenvalue weighted by Crippen LogP contribution is -2.36. The van der Waals surface area contributed by atoms with Crippen molar-refractivity contribution in [1.29, 1.82) is 0 Å². The third-order valence-electron chi connectivity index (χ3n) is 2.91. The number of amides is 1. The Balaban J connectivity index is 2.35. The van der Waals surface area contributed by atoms with E-state index in [9.17, 15) is 4.79 Å². The average Bonchev–Trinajstić information content (AvgIpc) is 2.81. The van der Waals surface area contributed by atoms with Gasteiger partial charge in [0.05, 0.1) is 0 Å². The van der Waals surface area contributed by atoms with E-state index in [0.717, 1.165) is 24.6 Å². The Bertz CT molecular complexity index is 326. The molecule has 0 aromatic carbocycles. The Hall–Kier alpha value is -0.350. The molecule has 1 rings (SSSR count). The van der Waals surface area contributed by atoms with Gasteiger partial charge in [0.25, 0.3) is 0 Å². The van der Waals surface area contributed by atoms with E-state index in [1.807, 2.05) is 11.9 Å². The lowest BCUT2D eigenvalue weighted by atomic mass is 10.1. The highest BCUT2D eigenvalue weighted by atomic mass is 79.9. The summed E-state index contributed by atoms with van der Waals surface area (Å²) in [6.07, 6.45) is 3.66. The zero-order valence-corrected chi connectivity index (χ0v) is 12.9. The lowest BCUT2D eigenvalue weighted by molar-refractivity contribution is -0.131. The zero-order chi connectivity index (χ0) is 12.7. The molecule has 0 aliphatic heterocycles. The van der Waals surface area contributed by atoms with Crippen LogP contribution in [0.1, 0.15) is 31.1 Å². The average molecular weight is 318 g/mol. The summed E-state index contributed by atoms with van der Waals surface area (Å²) < 4.78 is 0. The van der Waals surface area contributed by atoms with Crippen molar-refractivity contribution in [3.63, 3.8) is 0 Å². The Kier molecular flexibility index (Phi) is 6.82. The fourth-order valence-electron chi connectivity index (χ4n) is 1.65. The molecule has 1 aromatic heterocycles. The quantitative estimate of drug-likeness (QED) is 0.554. The van der Waals surface area contributed by atoms with Crippen LogP contribution in [-0.2, 0) is 11.2 Å². The highest BCUT2D eigenvalue weighted by Crippen LogP contribution is 2.14. The molecule has 1 heterocycles. The number of nitrogens with zero attached hydrogens (tertiary/aromatic N) is 1. The number of unbranched alkanes of at least 4 members (excludes halogenated alkanes) is 1. The molecule has 0 aliphatic carbocycles. The topological polar surface area (TPSA) is 20.3 Å². The lowest BCUT2D eigenvalue weighted by Gasteiger charge is -2.24. The zero-order valence-electron chi connectivity index (χ0n) is 10.5. The van der Waals surface area contributed by atoms with Gasteiger partial charge in [-0.3, -0.25) is 4.79 Å². The summed E-state index contributed by atoms with van der Waals surface area (Å²) in [5.74, 6) is 0.259. The number of rotatable bonds is 7. The largest absolute Gasteiger partial charge is 0.343 e. The molecule has 1 unspecified atom stereocenters. The molecule has 1 atom stereocenters. The van der Waals surface area contributed by atoms with Gasteiger partial charge < -0.3 is 4.90 Å². The molecule has 4 heteroatoms. The van der Waals surface area contributed by atoms with Gasteiger partial charge in [-0.15, -0.1) is 11.3 Å². The second-order valence-corrected chi connectivity index (χ2v) is 6.11. The maximum absolute atomic E-state index is 11.9. The number of hydrogen-bond acceptors (Lipinski definition) is 2. The number of hydrogen-bond donors (Lipinski definition) is 0. The molecule has 17 heavy (non-hydrogen) atoms. The van der Waals surface area contributed by atoms with Gasteiger partial charge >= 0.3 is 0 Å². The van der Waals surface area contributed by atoms with Crippen LogP contribution in [0, 0.1) is 0 Å². The van der Waals surface area contributed by atoms with Crippen LogP contribution in [0.3, 0.4) is 0 Å². The Labute approximate surface area is 116 Å². The number of likely N-dealkylation sites (N-methyl/N-ethyl adjacent to an activating group) is 1. The van der Waals surface area contributed by atoms with Gasteiger partial charge in [0.15, 0.2) is 0 Å². The van der Waals surface area contributed by atoms with E-state index in [1.165, 1.54) is 4.88 Å². The summed E-state index contributed by atoms with van der Waals surface area (Å²) in [5, 5.41) is 3.06. The van der Waals surface area contributed by atoms with Crippen molar-refractivity contribution in [3.05, 3.63) is 22.4 Å². The predicted molar refractivity (Wildman–Crippen MR) is 77.9 cm³/mol. The molecule has 1 aromatic rings. The third kappa shape index (κ3) is 5.21. The van der Waals surface area contributed by atoms with Crippen LogP contribution >= 0.6 is 27.3 Å². The molecule has 0 bridgehead atoms. The summed E-state index contributed by atoms with van der Waals surface area (Å²) in [6, 6.07) is 4.47. The minimum absolute atomic E-state index is 0.259. The second kappa shape index (κ2) is 7.88. The van der Waals surface area contributed by atoms with Crippen LogP contribution in [0.25, 0.3) is 0 Å². The van der Waals surface area contributed by atoms with E-state index in [-0.39, 0.29) is 11.9 Å². The van der Waals surface area contributed by atoms with Crippen molar-refractivity contribution < 1.29 is 4.79 Å². The van der Waals surface area contributed by atoms with Crippen LogP contribution < -0.4 is 0 Å². The van der Waals surface area contributed by atoms with Crippen LogP contribution in [0.4, 0.5) is 0 Å². The van der Waals surface area contributed by atoms with Crippen molar-refractivity contribution in [1.82, 2.24) is 4.90 Å². The minimum Gasteiger partial charge on any atom is -0.343 e. The van der Waals surface area contributed by atoms with Crippen molar-refractivity contribution in [2.45, 2.75) is 38.6 Å². The van der Waals surface area contributed by atoms with Gasteiger partial charge in [-0.1, -0.05) is 22.0 Å². The molecule has 2 nitrogen and oxygen atoms in total. The van der Waals surface area contributed by atoms with Crippen molar-refractivity contribution >= 4 is 33.2 Å². The Morgan fingerprint density at radius 2 is 2.29 bits per heavy atom. The normalized spacial score (nSPS) is 12.4. The first-order chi connectivity index (χ1) is 8.15.